The average molecular weight is 358 g/mol. The molecule has 0 bridgehead atoms. The second-order valence-corrected chi connectivity index (χ2v) is 6.42. The Bertz CT molecular complexity index is 533. The Morgan fingerprint density at radius 2 is 1.84 bits per heavy atom. The van der Waals surface area contributed by atoms with E-state index < -0.39 is 0 Å². The number of benzene rings is 2. The topological polar surface area (TPSA) is 38.0 Å². The van der Waals surface area contributed by atoms with Gasteiger partial charge in [0.1, 0.15) is 0 Å². The Kier molecular flexibility index (Phi) is 5.73. The van der Waals surface area contributed by atoms with Gasteiger partial charge < -0.3 is 0 Å². The van der Waals surface area contributed by atoms with Crippen molar-refractivity contribution in [2.45, 2.75) is 10.9 Å². The van der Waals surface area contributed by atoms with Gasteiger partial charge in [-0.15, -0.1) is 11.8 Å². The van der Waals surface area contributed by atoms with Crippen LogP contribution in [-0.4, -0.2) is 5.75 Å². The molecular weight excluding hydrogens is 344 g/mol. The number of rotatable bonds is 5. The van der Waals surface area contributed by atoms with Gasteiger partial charge in [-0.1, -0.05) is 45.7 Å². The highest BCUT2D eigenvalue weighted by molar-refractivity contribution is 9.10. The van der Waals surface area contributed by atoms with Gasteiger partial charge in [0.05, 0.1) is 6.04 Å². The van der Waals surface area contributed by atoms with Gasteiger partial charge in [0.2, 0.25) is 0 Å². The van der Waals surface area contributed by atoms with Crippen LogP contribution in [0.4, 0.5) is 0 Å². The molecule has 1 atom stereocenters. The standard InChI is InChI=1S/C14H14BrClN2S/c15-10-5-7-11(8-6-10)19-9-14(18-17)12-3-1-2-4-13(12)16/h1-8,14,18H,9,17H2. The van der Waals surface area contributed by atoms with E-state index in [9.17, 15) is 0 Å². The van der Waals surface area contributed by atoms with Crippen LogP contribution in [0.15, 0.2) is 57.9 Å². The Morgan fingerprint density at radius 3 is 2.47 bits per heavy atom. The van der Waals surface area contributed by atoms with Gasteiger partial charge in [0.25, 0.3) is 0 Å². The number of nitrogens with two attached hydrogens (primary N) is 1. The van der Waals surface area contributed by atoms with Crippen LogP contribution in [0, 0.1) is 0 Å². The quantitative estimate of drug-likeness (QED) is 0.473. The molecule has 0 aliphatic rings. The van der Waals surface area contributed by atoms with Gasteiger partial charge in [0, 0.05) is 20.1 Å². The van der Waals surface area contributed by atoms with Gasteiger partial charge in [-0.2, -0.15) is 0 Å². The summed E-state index contributed by atoms with van der Waals surface area (Å²) in [7, 11) is 0. The van der Waals surface area contributed by atoms with E-state index in [0.29, 0.717) is 0 Å². The number of hydrogen-bond acceptors (Lipinski definition) is 3. The lowest BCUT2D eigenvalue weighted by atomic mass is 10.1. The second-order valence-electron chi connectivity index (χ2n) is 4.01. The molecule has 0 heterocycles. The molecule has 2 rings (SSSR count). The third-order valence-corrected chi connectivity index (χ3v) is 4.69. The lowest BCUT2D eigenvalue weighted by molar-refractivity contribution is 0.611. The molecule has 0 aliphatic carbocycles. The highest BCUT2D eigenvalue weighted by atomic mass is 79.9. The zero-order chi connectivity index (χ0) is 13.7. The van der Waals surface area contributed by atoms with Crippen LogP contribution in [-0.2, 0) is 0 Å². The summed E-state index contributed by atoms with van der Waals surface area (Å²) in [5.74, 6) is 6.45. The number of hydrogen-bond donors (Lipinski definition) is 2. The van der Waals surface area contributed by atoms with Gasteiger partial charge in [-0.3, -0.25) is 11.3 Å². The van der Waals surface area contributed by atoms with Crippen molar-refractivity contribution in [3.05, 3.63) is 63.6 Å². The van der Waals surface area contributed by atoms with Crippen molar-refractivity contribution in [2.75, 3.05) is 5.75 Å². The molecule has 1 unspecified atom stereocenters. The maximum Gasteiger partial charge on any atom is 0.0568 e. The first kappa shape index (κ1) is 14.9. The summed E-state index contributed by atoms with van der Waals surface area (Å²) in [6.45, 7) is 0. The van der Waals surface area contributed by atoms with Crippen molar-refractivity contribution in [1.82, 2.24) is 5.43 Å². The molecular formula is C14H14BrClN2S. The van der Waals surface area contributed by atoms with E-state index in [2.05, 4.69) is 33.5 Å². The molecule has 0 fully saturated rings. The molecule has 0 aromatic heterocycles. The zero-order valence-corrected chi connectivity index (χ0v) is 13.3. The molecule has 0 radical (unpaired) electrons. The fourth-order valence-corrected chi connectivity index (χ4v) is 3.19. The van der Waals surface area contributed by atoms with Crippen LogP contribution < -0.4 is 11.3 Å². The first-order chi connectivity index (χ1) is 9.20. The van der Waals surface area contributed by atoms with Crippen molar-refractivity contribution < 1.29 is 0 Å². The molecule has 100 valence electrons. The summed E-state index contributed by atoms with van der Waals surface area (Å²) < 4.78 is 1.08. The highest BCUT2D eigenvalue weighted by Crippen LogP contribution is 2.28. The minimum Gasteiger partial charge on any atom is -0.271 e. The molecule has 5 heteroatoms. The van der Waals surface area contributed by atoms with E-state index in [-0.39, 0.29) is 6.04 Å². The maximum absolute atomic E-state index is 6.19. The zero-order valence-electron chi connectivity index (χ0n) is 10.1. The Balaban J connectivity index is 2.04. The highest BCUT2D eigenvalue weighted by Gasteiger charge is 2.13. The first-order valence-corrected chi connectivity index (χ1v) is 7.95. The third-order valence-electron chi connectivity index (χ3n) is 2.71. The molecule has 0 saturated carbocycles. The largest absolute Gasteiger partial charge is 0.271 e. The van der Waals surface area contributed by atoms with Gasteiger partial charge in [-0.25, -0.2) is 0 Å². The molecule has 0 amide bonds. The van der Waals surface area contributed by atoms with E-state index in [1.165, 1.54) is 4.90 Å². The molecule has 3 N–H and O–H groups in total. The molecule has 2 aromatic carbocycles. The summed E-state index contributed by atoms with van der Waals surface area (Å²) >= 11 is 11.4. The van der Waals surface area contributed by atoms with Crippen molar-refractivity contribution in [2.24, 2.45) is 5.84 Å². The normalized spacial score (nSPS) is 12.4. The van der Waals surface area contributed by atoms with Crippen LogP contribution >= 0.6 is 39.3 Å². The Labute approximate surface area is 130 Å². The number of nitrogens with one attached hydrogen (secondary N) is 1. The monoisotopic (exact) mass is 356 g/mol. The summed E-state index contributed by atoms with van der Waals surface area (Å²) in [5, 5.41) is 0.738. The lowest BCUT2D eigenvalue weighted by Gasteiger charge is -2.17. The smallest absolute Gasteiger partial charge is 0.0568 e. The predicted molar refractivity (Wildman–Crippen MR) is 86.4 cm³/mol. The van der Waals surface area contributed by atoms with E-state index >= 15 is 0 Å². The Hall–Kier alpha value is -0.520. The van der Waals surface area contributed by atoms with Gasteiger partial charge in [-0.05, 0) is 35.9 Å². The number of halogens is 2. The molecule has 0 aliphatic heterocycles. The van der Waals surface area contributed by atoms with Gasteiger partial charge >= 0.3 is 0 Å². The molecule has 19 heavy (non-hydrogen) atoms. The third kappa shape index (κ3) is 4.23. The van der Waals surface area contributed by atoms with E-state index in [0.717, 1.165) is 20.8 Å². The number of thioether (sulfide) groups is 1. The molecule has 0 spiro atoms. The fourth-order valence-electron chi connectivity index (χ4n) is 1.70. The maximum atomic E-state index is 6.19. The van der Waals surface area contributed by atoms with E-state index in [1.54, 1.807) is 11.8 Å². The summed E-state index contributed by atoms with van der Waals surface area (Å²) in [6.07, 6.45) is 0. The average Bonchev–Trinajstić information content (AvgIpc) is 2.43. The minimum absolute atomic E-state index is 0.0300. The van der Waals surface area contributed by atoms with Crippen LogP contribution in [0.25, 0.3) is 0 Å². The van der Waals surface area contributed by atoms with Crippen LogP contribution in [0.2, 0.25) is 5.02 Å². The predicted octanol–water partition coefficient (Wildman–Crippen LogP) is 4.40. The van der Waals surface area contributed by atoms with Crippen LogP contribution in [0.1, 0.15) is 11.6 Å². The number of hydrazine groups is 1. The summed E-state index contributed by atoms with van der Waals surface area (Å²) in [4.78, 5) is 1.20. The van der Waals surface area contributed by atoms with Crippen molar-refractivity contribution >= 4 is 39.3 Å². The van der Waals surface area contributed by atoms with Crippen LogP contribution in [0.5, 0.6) is 0 Å². The van der Waals surface area contributed by atoms with Gasteiger partial charge in [0.15, 0.2) is 0 Å². The van der Waals surface area contributed by atoms with Crippen molar-refractivity contribution in [3.63, 3.8) is 0 Å². The second kappa shape index (κ2) is 7.31. The minimum atomic E-state index is 0.0300. The van der Waals surface area contributed by atoms with Crippen molar-refractivity contribution in [3.8, 4) is 0 Å². The van der Waals surface area contributed by atoms with E-state index in [1.807, 2.05) is 36.4 Å². The van der Waals surface area contributed by atoms with Crippen LogP contribution in [0.3, 0.4) is 0 Å². The van der Waals surface area contributed by atoms with Crippen molar-refractivity contribution in [1.29, 1.82) is 0 Å². The summed E-state index contributed by atoms with van der Waals surface area (Å²) in [6, 6.07) is 16.0. The lowest BCUT2D eigenvalue weighted by Crippen LogP contribution is -2.29. The SMILES string of the molecule is NNC(CSc1ccc(Br)cc1)c1ccccc1Cl. The molecule has 0 saturated heterocycles. The molecule has 2 aromatic rings. The fraction of sp³-hybridized carbons (Fsp3) is 0.143. The first-order valence-electron chi connectivity index (χ1n) is 5.79. The van der Waals surface area contributed by atoms with E-state index in [4.69, 9.17) is 17.4 Å². The summed E-state index contributed by atoms with van der Waals surface area (Å²) in [5.41, 5.74) is 3.85. The molecule has 2 nitrogen and oxygen atoms in total. The Morgan fingerprint density at radius 1 is 1.16 bits per heavy atom.